The summed E-state index contributed by atoms with van der Waals surface area (Å²) in [7, 11) is 0. The van der Waals surface area contributed by atoms with Crippen molar-refractivity contribution in [3.05, 3.63) is 28.2 Å². The normalized spacial score (nSPS) is 16.2. The van der Waals surface area contributed by atoms with Gasteiger partial charge in [-0.2, -0.15) is 0 Å². The molecule has 0 radical (unpaired) electrons. The second-order valence-electron chi connectivity index (χ2n) is 4.79. The second kappa shape index (κ2) is 6.23. The summed E-state index contributed by atoms with van der Waals surface area (Å²) in [5, 5.41) is 3.01. The lowest BCUT2D eigenvalue weighted by Crippen LogP contribution is -2.35. The maximum Gasteiger partial charge on any atom is 0.321 e. The van der Waals surface area contributed by atoms with Gasteiger partial charge in [-0.15, -0.1) is 0 Å². The van der Waals surface area contributed by atoms with E-state index in [1.54, 1.807) is 0 Å². The molecule has 1 saturated heterocycles. The van der Waals surface area contributed by atoms with Gasteiger partial charge < -0.3 is 10.2 Å². The maximum absolute atomic E-state index is 12.2. The summed E-state index contributed by atoms with van der Waals surface area (Å²) in [6.07, 6.45) is 4.70. The van der Waals surface area contributed by atoms with Gasteiger partial charge in [0.25, 0.3) is 0 Å². The van der Waals surface area contributed by atoms with E-state index in [2.05, 4.69) is 21.2 Å². The molecule has 0 aromatic heterocycles. The van der Waals surface area contributed by atoms with Gasteiger partial charge in [0.05, 0.1) is 0 Å². The average molecular weight is 311 g/mol. The predicted molar refractivity (Wildman–Crippen MR) is 77.9 cm³/mol. The standard InChI is InChI=1S/C14H19BrN2O/c1-11-6-7-12(15)10-13(11)16-14(18)17-8-4-2-3-5-9-17/h6-7,10H,2-5,8-9H2,1H3,(H,16,18). The summed E-state index contributed by atoms with van der Waals surface area (Å²) >= 11 is 3.43. The highest BCUT2D eigenvalue weighted by atomic mass is 79.9. The summed E-state index contributed by atoms with van der Waals surface area (Å²) in [4.78, 5) is 14.1. The first-order valence-electron chi connectivity index (χ1n) is 6.49. The van der Waals surface area contributed by atoms with E-state index in [-0.39, 0.29) is 6.03 Å². The number of halogens is 1. The van der Waals surface area contributed by atoms with Crippen LogP contribution in [-0.4, -0.2) is 24.0 Å². The molecule has 1 aliphatic heterocycles. The zero-order chi connectivity index (χ0) is 13.0. The molecule has 3 nitrogen and oxygen atoms in total. The Morgan fingerprint density at radius 2 is 1.89 bits per heavy atom. The van der Waals surface area contributed by atoms with Crippen molar-refractivity contribution in [2.75, 3.05) is 18.4 Å². The third-order valence-corrected chi connectivity index (χ3v) is 3.83. The topological polar surface area (TPSA) is 32.3 Å². The van der Waals surface area contributed by atoms with E-state index in [4.69, 9.17) is 0 Å². The van der Waals surface area contributed by atoms with Gasteiger partial charge >= 0.3 is 6.03 Å². The molecule has 1 N–H and O–H groups in total. The molecule has 4 heteroatoms. The van der Waals surface area contributed by atoms with Crippen LogP contribution in [0.1, 0.15) is 31.2 Å². The molecule has 0 spiro atoms. The highest BCUT2D eigenvalue weighted by molar-refractivity contribution is 9.10. The number of rotatable bonds is 1. The first-order chi connectivity index (χ1) is 8.66. The van der Waals surface area contributed by atoms with Gasteiger partial charge in [0.15, 0.2) is 0 Å². The summed E-state index contributed by atoms with van der Waals surface area (Å²) < 4.78 is 0.985. The largest absolute Gasteiger partial charge is 0.325 e. The number of nitrogens with zero attached hydrogens (tertiary/aromatic N) is 1. The maximum atomic E-state index is 12.2. The van der Waals surface area contributed by atoms with E-state index in [0.29, 0.717) is 0 Å². The number of likely N-dealkylation sites (tertiary alicyclic amines) is 1. The molecular formula is C14H19BrN2O. The molecule has 2 amide bonds. The fourth-order valence-electron chi connectivity index (χ4n) is 2.20. The Balaban J connectivity index is 2.03. The van der Waals surface area contributed by atoms with Crippen LogP contribution in [0.3, 0.4) is 0 Å². The Labute approximate surface area is 117 Å². The van der Waals surface area contributed by atoms with E-state index in [0.717, 1.165) is 41.7 Å². The van der Waals surface area contributed by atoms with Crippen LogP contribution in [0.5, 0.6) is 0 Å². The smallest absolute Gasteiger partial charge is 0.321 e. The highest BCUT2D eigenvalue weighted by Crippen LogP contribution is 2.21. The number of nitrogens with one attached hydrogen (secondary N) is 1. The van der Waals surface area contributed by atoms with Gasteiger partial charge in [0.2, 0.25) is 0 Å². The van der Waals surface area contributed by atoms with E-state index < -0.39 is 0 Å². The molecule has 1 heterocycles. The number of urea groups is 1. The number of amides is 2. The molecule has 0 unspecified atom stereocenters. The molecule has 1 fully saturated rings. The molecule has 1 aromatic rings. The summed E-state index contributed by atoms with van der Waals surface area (Å²) in [5.41, 5.74) is 1.97. The zero-order valence-electron chi connectivity index (χ0n) is 10.7. The summed E-state index contributed by atoms with van der Waals surface area (Å²) in [6, 6.07) is 5.96. The third-order valence-electron chi connectivity index (χ3n) is 3.33. The van der Waals surface area contributed by atoms with Crippen LogP contribution >= 0.6 is 15.9 Å². The zero-order valence-corrected chi connectivity index (χ0v) is 12.3. The monoisotopic (exact) mass is 310 g/mol. The first-order valence-corrected chi connectivity index (χ1v) is 7.28. The average Bonchev–Trinajstić information content (AvgIpc) is 2.62. The van der Waals surface area contributed by atoms with Crippen LogP contribution in [0.2, 0.25) is 0 Å². The van der Waals surface area contributed by atoms with Gasteiger partial charge in [-0.1, -0.05) is 34.8 Å². The van der Waals surface area contributed by atoms with Gasteiger partial charge in [-0.3, -0.25) is 0 Å². The van der Waals surface area contributed by atoms with Crippen molar-refractivity contribution in [3.8, 4) is 0 Å². The van der Waals surface area contributed by atoms with Crippen molar-refractivity contribution in [2.45, 2.75) is 32.6 Å². The minimum Gasteiger partial charge on any atom is -0.325 e. The van der Waals surface area contributed by atoms with Crippen molar-refractivity contribution < 1.29 is 4.79 Å². The molecule has 1 aromatic carbocycles. The van der Waals surface area contributed by atoms with Crippen molar-refractivity contribution in [3.63, 3.8) is 0 Å². The van der Waals surface area contributed by atoms with Crippen LogP contribution < -0.4 is 5.32 Å². The number of benzene rings is 1. The number of hydrogen-bond donors (Lipinski definition) is 1. The number of carbonyl (C=O) groups is 1. The number of carbonyl (C=O) groups excluding carboxylic acids is 1. The molecule has 1 aliphatic rings. The molecule has 98 valence electrons. The molecular weight excluding hydrogens is 292 g/mol. The van der Waals surface area contributed by atoms with Crippen molar-refractivity contribution in [2.24, 2.45) is 0 Å². The molecule has 18 heavy (non-hydrogen) atoms. The third kappa shape index (κ3) is 3.48. The molecule has 0 saturated carbocycles. The predicted octanol–water partition coefficient (Wildman–Crippen LogP) is 4.17. The van der Waals surface area contributed by atoms with Crippen LogP contribution in [0, 0.1) is 6.92 Å². The SMILES string of the molecule is Cc1ccc(Br)cc1NC(=O)N1CCCCCC1. The molecule has 0 aliphatic carbocycles. The fourth-order valence-corrected chi connectivity index (χ4v) is 2.56. The molecule has 0 atom stereocenters. The Hall–Kier alpha value is -1.03. The van der Waals surface area contributed by atoms with Crippen LogP contribution in [0.25, 0.3) is 0 Å². The first kappa shape index (κ1) is 13.4. The van der Waals surface area contributed by atoms with Crippen LogP contribution in [0.15, 0.2) is 22.7 Å². The fraction of sp³-hybridized carbons (Fsp3) is 0.500. The Morgan fingerprint density at radius 1 is 1.22 bits per heavy atom. The van der Waals surface area contributed by atoms with Crippen LogP contribution in [0.4, 0.5) is 10.5 Å². The number of hydrogen-bond acceptors (Lipinski definition) is 1. The van der Waals surface area contributed by atoms with Gasteiger partial charge in [0, 0.05) is 23.2 Å². The lowest BCUT2D eigenvalue weighted by molar-refractivity contribution is 0.213. The Morgan fingerprint density at radius 3 is 2.56 bits per heavy atom. The quantitative estimate of drug-likeness (QED) is 0.829. The molecule has 0 bridgehead atoms. The van der Waals surface area contributed by atoms with E-state index in [9.17, 15) is 4.79 Å². The molecule has 2 rings (SSSR count). The Bertz CT molecular complexity index is 426. The van der Waals surface area contributed by atoms with Crippen molar-refractivity contribution >= 4 is 27.6 Å². The van der Waals surface area contributed by atoms with Gasteiger partial charge in [-0.25, -0.2) is 4.79 Å². The summed E-state index contributed by atoms with van der Waals surface area (Å²) in [6.45, 7) is 3.75. The second-order valence-corrected chi connectivity index (χ2v) is 5.71. The lowest BCUT2D eigenvalue weighted by atomic mass is 10.2. The van der Waals surface area contributed by atoms with Gasteiger partial charge in [-0.05, 0) is 37.5 Å². The van der Waals surface area contributed by atoms with E-state index >= 15 is 0 Å². The van der Waals surface area contributed by atoms with Gasteiger partial charge in [0.1, 0.15) is 0 Å². The summed E-state index contributed by atoms with van der Waals surface area (Å²) in [5.74, 6) is 0. The van der Waals surface area contributed by atoms with Crippen molar-refractivity contribution in [1.29, 1.82) is 0 Å². The van der Waals surface area contributed by atoms with Crippen LogP contribution in [-0.2, 0) is 0 Å². The highest BCUT2D eigenvalue weighted by Gasteiger charge is 2.15. The van der Waals surface area contributed by atoms with E-state index in [1.165, 1.54) is 12.8 Å². The van der Waals surface area contributed by atoms with Crippen molar-refractivity contribution in [1.82, 2.24) is 4.90 Å². The van der Waals surface area contributed by atoms with E-state index in [1.807, 2.05) is 30.0 Å². The lowest BCUT2D eigenvalue weighted by Gasteiger charge is -2.21. The Kier molecular flexibility index (Phi) is 4.64. The minimum atomic E-state index is 0.0260. The number of anilines is 1. The minimum absolute atomic E-state index is 0.0260. The number of aryl methyl sites for hydroxylation is 1.